The van der Waals surface area contributed by atoms with Crippen LogP contribution in [0.3, 0.4) is 0 Å². The molecule has 1 aromatic rings. The Morgan fingerprint density at radius 1 is 1.32 bits per heavy atom. The average Bonchev–Trinajstić information content (AvgIpc) is 2.44. The van der Waals surface area contributed by atoms with Crippen LogP contribution in [0.25, 0.3) is 0 Å². The van der Waals surface area contributed by atoms with Gasteiger partial charge in [-0.1, -0.05) is 46.2 Å². The summed E-state index contributed by atoms with van der Waals surface area (Å²) in [6.45, 7) is 8.36. The second kappa shape index (κ2) is 6.71. The van der Waals surface area contributed by atoms with Crippen molar-refractivity contribution in [1.82, 2.24) is 0 Å². The molecule has 0 heterocycles. The predicted octanol–water partition coefficient (Wildman–Crippen LogP) is 3.15. The van der Waals surface area contributed by atoms with Crippen LogP contribution in [-0.2, 0) is 4.79 Å². The number of carbonyl (C=O) groups is 1. The molecule has 0 aliphatic carbocycles. The second-order valence-corrected chi connectivity index (χ2v) is 5.56. The number of benzene rings is 1. The van der Waals surface area contributed by atoms with Gasteiger partial charge in [-0.15, -0.1) is 0 Å². The molecule has 1 amide bonds. The zero-order chi connectivity index (χ0) is 14.6. The highest BCUT2D eigenvalue weighted by Crippen LogP contribution is 2.22. The largest absolute Gasteiger partial charge is 0.320 e. The van der Waals surface area contributed by atoms with Gasteiger partial charge in [0.05, 0.1) is 6.04 Å². The quantitative estimate of drug-likeness (QED) is 0.886. The third-order valence-electron chi connectivity index (χ3n) is 3.80. The summed E-state index contributed by atoms with van der Waals surface area (Å²) in [7, 11) is 1.80. The summed E-state index contributed by atoms with van der Waals surface area (Å²) in [4.78, 5) is 14.0. The molecule has 0 saturated heterocycles. The van der Waals surface area contributed by atoms with E-state index >= 15 is 0 Å². The lowest BCUT2D eigenvalue weighted by Gasteiger charge is -2.25. The Balaban J connectivity index is 2.90. The average molecular weight is 262 g/mol. The molecule has 0 spiro atoms. The number of anilines is 1. The molecule has 2 unspecified atom stereocenters. The zero-order valence-corrected chi connectivity index (χ0v) is 12.7. The highest BCUT2D eigenvalue weighted by atomic mass is 16.2. The molecule has 0 fully saturated rings. The summed E-state index contributed by atoms with van der Waals surface area (Å²) < 4.78 is 0. The minimum atomic E-state index is -0.433. The number of nitrogens with zero attached hydrogens (tertiary/aromatic N) is 1. The monoisotopic (exact) mass is 262 g/mol. The standard InChI is InChI=1S/C16H26N2O/c1-6-12(4)15(17)16(19)18(5)14-9-7-8-13(10-14)11(2)3/h7-12,15H,6,17H2,1-5H3. The van der Waals surface area contributed by atoms with Crippen LogP contribution in [0, 0.1) is 5.92 Å². The fourth-order valence-corrected chi connectivity index (χ4v) is 1.94. The normalized spacial score (nSPS) is 14.3. The molecule has 0 bridgehead atoms. The first-order valence-electron chi connectivity index (χ1n) is 7.01. The maximum Gasteiger partial charge on any atom is 0.243 e. The van der Waals surface area contributed by atoms with E-state index in [0.717, 1.165) is 12.1 Å². The molecule has 1 rings (SSSR count). The van der Waals surface area contributed by atoms with E-state index in [4.69, 9.17) is 5.73 Å². The fourth-order valence-electron chi connectivity index (χ4n) is 1.94. The number of amides is 1. The number of hydrogen-bond acceptors (Lipinski definition) is 2. The van der Waals surface area contributed by atoms with Crippen LogP contribution in [0.5, 0.6) is 0 Å². The van der Waals surface area contributed by atoms with Gasteiger partial charge in [0.25, 0.3) is 0 Å². The third kappa shape index (κ3) is 3.80. The van der Waals surface area contributed by atoms with Gasteiger partial charge in [0.1, 0.15) is 0 Å². The van der Waals surface area contributed by atoms with E-state index in [1.165, 1.54) is 5.56 Å². The van der Waals surface area contributed by atoms with Gasteiger partial charge < -0.3 is 10.6 Å². The van der Waals surface area contributed by atoms with Crippen LogP contribution in [0.4, 0.5) is 5.69 Å². The van der Waals surface area contributed by atoms with Crippen LogP contribution >= 0.6 is 0 Å². The number of likely N-dealkylation sites (N-methyl/N-ethyl adjacent to an activating group) is 1. The molecule has 0 aliphatic heterocycles. The molecule has 19 heavy (non-hydrogen) atoms. The van der Waals surface area contributed by atoms with E-state index in [1.807, 2.05) is 19.1 Å². The van der Waals surface area contributed by atoms with Crippen LogP contribution in [0.1, 0.15) is 45.6 Å². The van der Waals surface area contributed by atoms with Gasteiger partial charge in [-0.25, -0.2) is 0 Å². The van der Waals surface area contributed by atoms with Gasteiger partial charge in [0.2, 0.25) is 5.91 Å². The Kier molecular flexibility index (Phi) is 5.55. The molecule has 106 valence electrons. The highest BCUT2D eigenvalue weighted by Gasteiger charge is 2.23. The van der Waals surface area contributed by atoms with Gasteiger partial charge in [-0.05, 0) is 29.5 Å². The minimum absolute atomic E-state index is 0.0183. The van der Waals surface area contributed by atoms with Gasteiger partial charge in [0, 0.05) is 12.7 Å². The smallest absolute Gasteiger partial charge is 0.243 e. The molecule has 2 atom stereocenters. The van der Waals surface area contributed by atoms with Crippen LogP contribution in [-0.4, -0.2) is 19.0 Å². The maximum absolute atomic E-state index is 12.3. The van der Waals surface area contributed by atoms with E-state index in [-0.39, 0.29) is 11.8 Å². The molecular weight excluding hydrogens is 236 g/mol. The Bertz CT molecular complexity index is 429. The van der Waals surface area contributed by atoms with E-state index in [9.17, 15) is 4.79 Å². The molecule has 2 N–H and O–H groups in total. The van der Waals surface area contributed by atoms with Crippen molar-refractivity contribution in [3.05, 3.63) is 29.8 Å². The van der Waals surface area contributed by atoms with Crippen molar-refractivity contribution in [1.29, 1.82) is 0 Å². The summed E-state index contributed by atoms with van der Waals surface area (Å²) in [6.07, 6.45) is 0.910. The molecule has 0 saturated carbocycles. The lowest BCUT2D eigenvalue weighted by atomic mass is 9.98. The number of carbonyl (C=O) groups excluding carboxylic acids is 1. The van der Waals surface area contributed by atoms with E-state index in [1.54, 1.807) is 11.9 Å². The van der Waals surface area contributed by atoms with Crippen molar-refractivity contribution in [2.45, 2.75) is 46.1 Å². The van der Waals surface area contributed by atoms with E-state index in [2.05, 4.69) is 32.9 Å². The second-order valence-electron chi connectivity index (χ2n) is 5.56. The lowest BCUT2D eigenvalue weighted by molar-refractivity contribution is -0.120. The minimum Gasteiger partial charge on any atom is -0.320 e. The van der Waals surface area contributed by atoms with Crippen molar-refractivity contribution in [2.75, 3.05) is 11.9 Å². The molecule has 0 aromatic heterocycles. The van der Waals surface area contributed by atoms with Gasteiger partial charge >= 0.3 is 0 Å². The van der Waals surface area contributed by atoms with Gasteiger partial charge in [0.15, 0.2) is 0 Å². The Hall–Kier alpha value is -1.35. The highest BCUT2D eigenvalue weighted by molar-refractivity contribution is 5.96. The third-order valence-corrected chi connectivity index (χ3v) is 3.80. The molecule has 3 nitrogen and oxygen atoms in total. The zero-order valence-electron chi connectivity index (χ0n) is 12.7. The first-order valence-corrected chi connectivity index (χ1v) is 7.01. The fraction of sp³-hybridized carbons (Fsp3) is 0.562. The van der Waals surface area contributed by atoms with Crippen molar-refractivity contribution < 1.29 is 4.79 Å². The Labute approximate surface area is 116 Å². The van der Waals surface area contributed by atoms with Gasteiger partial charge in [-0.2, -0.15) is 0 Å². The number of nitrogens with two attached hydrogens (primary N) is 1. The molecule has 3 heteroatoms. The molecular formula is C16H26N2O. The number of rotatable bonds is 5. The first-order chi connectivity index (χ1) is 8.88. The number of hydrogen-bond donors (Lipinski definition) is 1. The van der Waals surface area contributed by atoms with Crippen LogP contribution in [0.15, 0.2) is 24.3 Å². The predicted molar refractivity (Wildman–Crippen MR) is 81.4 cm³/mol. The molecule has 1 aromatic carbocycles. The van der Waals surface area contributed by atoms with Crippen molar-refractivity contribution >= 4 is 11.6 Å². The molecule has 0 aliphatic rings. The topological polar surface area (TPSA) is 46.3 Å². The summed E-state index contributed by atoms with van der Waals surface area (Å²) in [6, 6.07) is 7.65. The SMILES string of the molecule is CCC(C)C(N)C(=O)N(C)c1cccc(C(C)C)c1. The van der Waals surface area contributed by atoms with E-state index in [0.29, 0.717) is 5.92 Å². The Morgan fingerprint density at radius 3 is 2.47 bits per heavy atom. The van der Waals surface area contributed by atoms with Crippen molar-refractivity contribution in [2.24, 2.45) is 11.7 Å². The summed E-state index contributed by atoms with van der Waals surface area (Å²) >= 11 is 0. The summed E-state index contributed by atoms with van der Waals surface area (Å²) in [5.41, 5.74) is 8.16. The first kappa shape index (κ1) is 15.7. The van der Waals surface area contributed by atoms with E-state index < -0.39 is 6.04 Å². The van der Waals surface area contributed by atoms with Gasteiger partial charge in [-0.3, -0.25) is 4.79 Å². The Morgan fingerprint density at radius 2 is 1.95 bits per heavy atom. The van der Waals surface area contributed by atoms with Crippen LogP contribution < -0.4 is 10.6 Å². The van der Waals surface area contributed by atoms with Crippen LogP contribution in [0.2, 0.25) is 0 Å². The summed E-state index contributed by atoms with van der Waals surface area (Å²) in [5, 5.41) is 0. The summed E-state index contributed by atoms with van der Waals surface area (Å²) in [5.74, 6) is 0.630. The molecule has 0 radical (unpaired) electrons. The lowest BCUT2D eigenvalue weighted by Crippen LogP contribution is -2.45. The van der Waals surface area contributed by atoms with Crippen molar-refractivity contribution in [3.8, 4) is 0 Å². The van der Waals surface area contributed by atoms with Crippen molar-refractivity contribution in [3.63, 3.8) is 0 Å². The maximum atomic E-state index is 12.3.